The first-order valence-corrected chi connectivity index (χ1v) is 8.63. The lowest BCUT2D eigenvalue weighted by Crippen LogP contribution is -2.11. The van der Waals surface area contributed by atoms with E-state index in [1.54, 1.807) is 6.08 Å². The standard InChI is InChI=1S/C21H29NO3/c1-16(2)17(3)5-6-20(11-12-22)19-7-9-21(10-8-19)25-14-13-24-15-18(4)23/h5-12,16-17,22H,13-15H2,1-4H3/b6-5?,20-11+,22-12?. The number of ether oxygens (including phenoxy) is 2. The Hall–Kier alpha value is -2.20. The Bertz CT molecular complexity index is 600. The fraction of sp³-hybridized carbons (Fsp3) is 0.429. The van der Waals surface area contributed by atoms with Crippen molar-refractivity contribution in [2.24, 2.45) is 11.8 Å². The molecule has 136 valence electrons. The van der Waals surface area contributed by atoms with Crippen molar-refractivity contribution in [2.45, 2.75) is 27.7 Å². The van der Waals surface area contributed by atoms with Crippen LogP contribution in [0.25, 0.3) is 5.57 Å². The van der Waals surface area contributed by atoms with Gasteiger partial charge in [-0.05, 0) is 48.1 Å². The summed E-state index contributed by atoms with van der Waals surface area (Å²) in [4.78, 5) is 10.8. The van der Waals surface area contributed by atoms with Crippen molar-refractivity contribution in [1.82, 2.24) is 0 Å². The second kappa shape index (κ2) is 11.4. The van der Waals surface area contributed by atoms with E-state index in [4.69, 9.17) is 14.9 Å². The van der Waals surface area contributed by atoms with Crippen LogP contribution in [0.15, 0.2) is 42.5 Å². The Labute approximate surface area is 151 Å². The maximum absolute atomic E-state index is 10.8. The number of hydrogen-bond acceptors (Lipinski definition) is 4. The monoisotopic (exact) mass is 343 g/mol. The number of rotatable bonds is 11. The summed E-state index contributed by atoms with van der Waals surface area (Å²) >= 11 is 0. The largest absolute Gasteiger partial charge is 0.491 e. The van der Waals surface area contributed by atoms with E-state index < -0.39 is 0 Å². The molecule has 4 nitrogen and oxygen atoms in total. The van der Waals surface area contributed by atoms with Gasteiger partial charge in [0.25, 0.3) is 0 Å². The number of carbonyl (C=O) groups is 1. The molecule has 0 radical (unpaired) electrons. The molecule has 0 fully saturated rings. The van der Waals surface area contributed by atoms with E-state index in [0.29, 0.717) is 25.0 Å². The summed E-state index contributed by atoms with van der Waals surface area (Å²) in [7, 11) is 0. The van der Waals surface area contributed by atoms with Crippen LogP contribution in [0.5, 0.6) is 5.75 Å². The van der Waals surface area contributed by atoms with Gasteiger partial charge in [-0.2, -0.15) is 0 Å². The third kappa shape index (κ3) is 8.45. The Morgan fingerprint density at radius 2 is 1.84 bits per heavy atom. The molecule has 25 heavy (non-hydrogen) atoms. The van der Waals surface area contributed by atoms with Gasteiger partial charge < -0.3 is 14.9 Å². The highest BCUT2D eigenvalue weighted by Gasteiger charge is 2.04. The van der Waals surface area contributed by atoms with Gasteiger partial charge in [0, 0.05) is 6.21 Å². The molecule has 0 aliphatic carbocycles. The van der Waals surface area contributed by atoms with Gasteiger partial charge in [0.2, 0.25) is 0 Å². The molecule has 1 rings (SSSR count). The lowest BCUT2D eigenvalue weighted by Gasteiger charge is -2.11. The summed E-state index contributed by atoms with van der Waals surface area (Å²) in [6.45, 7) is 8.99. The van der Waals surface area contributed by atoms with Gasteiger partial charge in [0.1, 0.15) is 19.0 Å². The van der Waals surface area contributed by atoms with E-state index in [0.717, 1.165) is 16.9 Å². The average molecular weight is 343 g/mol. The zero-order valence-electron chi connectivity index (χ0n) is 15.6. The molecule has 1 atom stereocenters. The van der Waals surface area contributed by atoms with Gasteiger partial charge in [0.15, 0.2) is 5.78 Å². The van der Waals surface area contributed by atoms with Crippen LogP contribution in [0.4, 0.5) is 0 Å². The predicted molar refractivity (Wildman–Crippen MR) is 103 cm³/mol. The minimum absolute atomic E-state index is 0.00899. The van der Waals surface area contributed by atoms with Crippen LogP contribution in [-0.2, 0) is 9.53 Å². The molecule has 1 aromatic rings. The Morgan fingerprint density at radius 3 is 2.40 bits per heavy atom. The van der Waals surface area contributed by atoms with Crippen molar-refractivity contribution in [1.29, 1.82) is 5.41 Å². The molecule has 0 spiro atoms. The first kappa shape index (κ1) is 20.8. The fourth-order valence-corrected chi connectivity index (χ4v) is 1.99. The summed E-state index contributed by atoms with van der Waals surface area (Å²) in [5, 5.41) is 7.36. The van der Waals surface area contributed by atoms with Crippen molar-refractivity contribution in [3.8, 4) is 5.75 Å². The van der Waals surface area contributed by atoms with Gasteiger partial charge in [-0.15, -0.1) is 0 Å². The van der Waals surface area contributed by atoms with Crippen LogP contribution >= 0.6 is 0 Å². The van der Waals surface area contributed by atoms with Gasteiger partial charge in [-0.1, -0.05) is 45.1 Å². The van der Waals surface area contributed by atoms with Gasteiger partial charge >= 0.3 is 0 Å². The maximum atomic E-state index is 10.8. The minimum Gasteiger partial charge on any atom is -0.491 e. The van der Waals surface area contributed by atoms with E-state index in [-0.39, 0.29) is 12.4 Å². The normalized spacial score (nSPS) is 13.2. The molecule has 0 aromatic heterocycles. The van der Waals surface area contributed by atoms with Gasteiger partial charge in [0.05, 0.1) is 6.61 Å². The van der Waals surface area contributed by atoms with Crippen LogP contribution in [0.2, 0.25) is 0 Å². The molecule has 0 saturated heterocycles. The third-order valence-corrected chi connectivity index (χ3v) is 3.88. The molecular formula is C21H29NO3. The number of nitrogens with one attached hydrogen (secondary N) is 1. The number of Topliss-reactive ketones (excluding diaryl/α,β-unsaturated/α-hetero) is 1. The SMILES string of the molecule is CC(=O)COCCOc1ccc(/C(C=CC(C)C(C)C)=C/C=N)cc1. The molecule has 4 heteroatoms. The van der Waals surface area contributed by atoms with Gasteiger partial charge in [-0.25, -0.2) is 0 Å². The predicted octanol–water partition coefficient (Wildman–Crippen LogP) is 4.55. The molecule has 1 aromatic carbocycles. The summed E-state index contributed by atoms with van der Waals surface area (Å²) in [5.74, 6) is 1.82. The highest BCUT2D eigenvalue weighted by atomic mass is 16.5. The third-order valence-electron chi connectivity index (χ3n) is 3.88. The van der Waals surface area contributed by atoms with Crippen molar-refractivity contribution >= 4 is 17.6 Å². The molecule has 0 saturated carbocycles. The molecular weight excluding hydrogens is 314 g/mol. The van der Waals surface area contributed by atoms with Crippen LogP contribution in [0.1, 0.15) is 33.3 Å². The van der Waals surface area contributed by atoms with Gasteiger partial charge in [-0.3, -0.25) is 4.79 Å². The number of ketones is 1. The first-order chi connectivity index (χ1) is 11.9. The second-order valence-electron chi connectivity index (χ2n) is 6.38. The fourth-order valence-electron chi connectivity index (χ4n) is 1.99. The lowest BCUT2D eigenvalue weighted by molar-refractivity contribution is -0.121. The molecule has 0 aliphatic heterocycles. The quantitative estimate of drug-likeness (QED) is 0.364. The summed E-state index contributed by atoms with van der Waals surface area (Å²) in [5.41, 5.74) is 2.04. The van der Waals surface area contributed by atoms with E-state index in [2.05, 4.69) is 32.9 Å². The highest BCUT2D eigenvalue weighted by molar-refractivity contribution is 5.87. The molecule has 1 unspecified atom stereocenters. The maximum Gasteiger partial charge on any atom is 0.155 e. The van der Waals surface area contributed by atoms with E-state index >= 15 is 0 Å². The molecule has 0 amide bonds. The lowest BCUT2D eigenvalue weighted by atomic mass is 9.95. The van der Waals surface area contributed by atoms with E-state index in [9.17, 15) is 4.79 Å². The Morgan fingerprint density at radius 1 is 1.16 bits per heavy atom. The van der Waals surface area contributed by atoms with Crippen molar-refractivity contribution < 1.29 is 14.3 Å². The first-order valence-electron chi connectivity index (χ1n) is 8.63. The molecule has 0 heterocycles. The smallest absolute Gasteiger partial charge is 0.155 e. The topological polar surface area (TPSA) is 59.4 Å². The Balaban J connectivity index is 2.63. The van der Waals surface area contributed by atoms with Crippen LogP contribution in [0, 0.1) is 17.2 Å². The minimum atomic E-state index is 0.00899. The van der Waals surface area contributed by atoms with Crippen LogP contribution in [-0.4, -0.2) is 31.8 Å². The molecule has 1 N–H and O–H groups in total. The van der Waals surface area contributed by atoms with Crippen LogP contribution < -0.4 is 4.74 Å². The number of benzene rings is 1. The number of carbonyl (C=O) groups excluding carboxylic acids is 1. The van der Waals surface area contributed by atoms with E-state index in [1.807, 2.05) is 24.3 Å². The van der Waals surface area contributed by atoms with Crippen molar-refractivity contribution in [3.63, 3.8) is 0 Å². The molecule has 0 aliphatic rings. The highest BCUT2D eigenvalue weighted by Crippen LogP contribution is 2.21. The number of allylic oxidation sites excluding steroid dienone is 4. The van der Waals surface area contributed by atoms with E-state index in [1.165, 1.54) is 13.1 Å². The molecule has 0 bridgehead atoms. The summed E-state index contributed by atoms with van der Waals surface area (Å²) < 4.78 is 10.8. The Kier molecular flexibility index (Phi) is 9.48. The second-order valence-corrected chi connectivity index (χ2v) is 6.38. The summed E-state index contributed by atoms with van der Waals surface area (Å²) in [6.07, 6.45) is 7.34. The van der Waals surface area contributed by atoms with Crippen molar-refractivity contribution in [3.05, 3.63) is 48.1 Å². The zero-order valence-corrected chi connectivity index (χ0v) is 15.6. The summed E-state index contributed by atoms with van der Waals surface area (Å²) in [6, 6.07) is 7.76. The average Bonchev–Trinajstić information content (AvgIpc) is 2.58. The van der Waals surface area contributed by atoms with Crippen LogP contribution in [0.3, 0.4) is 0 Å². The van der Waals surface area contributed by atoms with Crippen molar-refractivity contribution in [2.75, 3.05) is 19.8 Å². The number of hydrogen-bond donors (Lipinski definition) is 1. The zero-order chi connectivity index (χ0) is 18.7.